The van der Waals surface area contributed by atoms with E-state index in [0.29, 0.717) is 12.4 Å². The van der Waals surface area contributed by atoms with Gasteiger partial charge in [-0.25, -0.2) is 4.98 Å². The Balaban J connectivity index is 1.98. The van der Waals surface area contributed by atoms with E-state index in [4.69, 9.17) is 4.74 Å². The molecule has 1 amide bonds. The van der Waals surface area contributed by atoms with Gasteiger partial charge < -0.3 is 15.4 Å². The van der Waals surface area contributed by atoms with Crippen LogP contribution < -0.4 is 15.4 Å². The fourth-order valence-electron chi connectivity index (χ4n) is 2.53. The topological polar surface area (TPSA) is 63.2 Å². The van der Waals surface area contributed by atoms with Gasteiger partial charge in [-0.1, -0.05) is 6.07 Å². The van der Waals surface area contributed by atoms with Crippen LogP contribution in [0.2, 0.25) is 0 Å². The summed E-state index contributed by atoms with van der Waals surface area (Å²) in [7, 11) is 0. The molecule has 5 nitrogen and oxygen atoms in total. The number of hydrogen-bond acceptors (Lipinski definition) is 4. The molecule has 1 unspecified atom stereocenters. The fraction of sp³-hybridized carbons (Fsp3) is 0.625. The molecule has 1 aromatic rings. The van der Waals surface area contributed by atoms with E-state index in [-0.39, 0.29) is 17.4 Å². The first-order valence-corrected chi connectivity index (χ1v) is 7.61. The lowest BCUT2D eigenvalue weighted by Crippen LogP contribution is -2.48. The van der Waals surface area contributed by atoms with Crippen LogP contribution in [-0.2, 0) is 11.3 Å². The molecule has 0 saturated carbocycles. The van der Waals surface area contributed by atoms with Crippen molar-refractivity contribution in [1.29, 1.82) is 0 Å². The number of hydrogen-bond donors (Lipinski definition) is 2. The predicted molar refractivity (Wildman–Crippen MR) is 82.1 cm³/mol. The van der Waals surface area contributed by atoms with Crippen molar-refractivity contribution >= 4 is 5.91 Å². The van der Waals surface area contributed by atoms with Crippen molar-refractivity contribution in [3.63, 3.8) is 0 Å². The highest BCUT2D eigenvalue weighted by Crippen LogP contribution is 2.26. The van der Waals surface area contributed by atoms with E-state index < -0.39 is 0 Å². The average molecular weight is 291 g/mol. The number of pyridine rings is 1. The summed E-state index contributed by atoms with van der Waals surface area (Å²) in [5, 5.41) is 6.32. The molecule has 1 atom stereocenters. The molecule has 2 rings (SSSR count). The summed E-state index contributed by atoms with van der Waals surface area (Å²) < 4.78 is 5.67. The van der Waals surface area contributed by atoms with Gasteiger partial charge in [-0.3, -0.25) is 4.79 Å². The van der Waals surface area contributed by atoms with Gasteiger partial charge in [0.25, 0.3) is 0 Å². The van der Waals surface area contributed by atoms with Crippen LogP contribution in [0.4, 0.5) is 0 Å². The molecule has 1 fully saturated rings. The number of carbonyl (C=O) groups is 1. The van der Waals surface area contributed by atoms with E-state index in [1.807, 2.05) is 32.9 Å². The Kier molecular flexibility index (Phi) is 5.17. The molecule has 1 aliphatic rings. The summed E-state index contributed by atoms with van der Waals surface area (Å²) in [6.07, 6.45) is 3.73. The van der Waals surface area contributed by atoms with E-state index in [1.165, 1.54) is 0 Å². The molecule has 0 bridgehead atoms. The second kappa shape index (κ2) is 6.89. The third-order valence-corrected chi connectivity index (χ3v) is 3.78. The molecule has 0 radical (unpaired) electrons. The van der Waals surface area contributed by atoms with Crippen LogP contribution in [0.1, 0.15) is 39.2 Å². The van der Waals surface area contributed by atoms with Crippen molar-refractivity contribution in [2.24, 2.45) is 5.41 Å². The van der Waals surface area contributed by atoms with E-state index in [0.717, 1.165) is 31.5 Å². The van der Waals surface area contributed by atoms with Crippen LogP contribution in [0, 0.1) is 5.41 Å². The van der Waals surface area contributed by atoms with Gasteiger partial charge in [0.2, 0.25) is 11.8 Å². The molecule has 5 heteroatoms. The minimum absolute atomic E-state index is 0.0643. The first kappa shape index (κ1) is 15.8. The second-order valence-electron chi connectivity index (χ2n) is 6.16. The Labute approximate surface area is 126 Å². The summed E-state index contributed by atoms with van der Waals surface area (Å²) in [4.78, 5) is 16.7. The summed E-state index contributed by atoms with van der Waals surface area (Å²) in [6.45, 7) is 8.13. The van der Waals surface area contributed by atoms with Gasteiger partial charge >= 0.3 is 0 Å². The van der Waals surface area contributed by atoms with Crippen LogP contribution >= 0.6 is 0 Å². The third kappa shape index (κ3) is 4.17. The highest BCUT2D eigenvalue weighted by atomic mass is 16.5. The lowest BCUT2D eigenvalue weighted by molar-refractivity contribution is -0.131. The van der Waals surface area contributed by atoms with Crippen molar-refractivity contribution in [3.05, 3.63) is 23.9 Å². The van der Waals surface area contributed by atoms with Gasteiger partial charge in [0.1, 0.15) is 0 Å². The Morgan fingerprint density at radius 2 is 2.38 bits per heavy atom. The van der Waals surface area contributed by atoms with Gasteiger partial charge in [-0.2, -0.15) is 0 Å². The maximum Gasteiger partial charge on any atom is 0.227 e. The number of piperidine rings is 1. The first-order chi connectivity index (χ1) is 10.0. The zero-order valence-corrected chi connectivity index (χ0v) is 13.1. The van der Waals surface area contributed by atoms with Crippen LogP contribution in [0.25, 0.3) is 0 Å². The lowest BCUT2D eigenvalue weighted by atomic mass is 9.82. The van der Waals surface area contributed by atoms with Crippen molar-refractivity contribution in [3.8, 4) is 5.88 Å². The predicted octanol–water partition coefficient (Wildman–Crippen LogP) is 1.87. The number of ether oxygens (including phenoxy) is 1. The van der Waals surface area contributed by atoms with Crippen molar-refractivity contribution in [2.45, 2.75) is 46.3 Å². The van der Waals surface area contributed by atoms with E-state index in [2.05, 4.69) is 15.6 Å². The lowest BCUT2D eigenvalue weighted by Gasteiger charge is -2.32. The molecule has 0 aromatic carbocycles. The van der Waals surface area contributed by atoms with E-state index in [9.17, 15) is 4.79 Å². The maximum absolute atomic E-state index is 12.4. The SMILES string of the molecule is CC(C)Oc1ncccc1CNC(=O)C1(C)CCCNC1. The average Bonchev–Trinajstić information content (AvgIpc) is 2.46. The smallest absolute Gasteiger partial charge is 0.227 e. The quantitative estimate of drug-likeness (QED) is 0.869. The number of amides is 1. The second-order valence-corrected chi connectivity index (χ2v) is 6.16. The highest BCUT2D eigenvalue weighted by molar-refractivity contribution is 5.82. The molecule has 1 aromatic heterocycles. The molecule has 1 saturated heterocycles. The molecule has 0 aliphatic carbocycles. The maximum atomic E-state index is 12.4. The standard InChI is InChI=1S/C16H25N3O2/c1-12(2)21-14-13(6-4-9-18-14)10-19-15(20)16(3)7-5-8-17-11-16/h4,6,9,12,17H,5,7-8,10-11H2,1-3H3,(H,19,20). The molecule has 1 aliphatic heterocycles. The number of nitrogens with zero attached hydrogens (tertiary/aromatic N) is 1. The van der Waals surface area contributed by atoms with Crippen LogP contribution in [-0.4, -0.2) is 30.1 Å². The number of carbonyl (C=O) groups excluding carboxylic acids is 1. The Hall–Kier alpha value is -1.62. The van der Waals surface area contributed by atoms with Crippen molar-refractivity contribution in [2.75, 3.05) is 13.1 Å². The highest BCUT2D eigenvalue weighted by Gasteiger charge is 2.34. The first-order valence-electron chi connectivity index (χ1n) is 7.61. The molecule has 2 heterocycles. The molecule has 2 N–H and O–H groups in total. The summed E-state index contributed by atoms with van der Waals surface area (Å²) in [5.41, 5.74) is 0.589. The summed E-state index contributed by atoms with van der Waals surface area (Å²) in [5.74, 6) is 0.689. The van der Waals surface area contributed by atoms with Gasteiger partial charge in [0, 0.05) is 24.8 Å². The fourth-order valence-corrected chi connectivity index (χ4v) is 2.53. The Morgan fingerprint density at radius 1 is 1.57 bits per heavy atom. The summed E-state index contributed by atoms with van der Waals surface area (Å²) in [6, 6.07) is 3.80. The third-order valence-electron chi connectivity index (χ3n) is 3.78. The van der Waals surface area contributed by atoms with Gasteiger partial charge in [-0.15, -0.1) is 0 Å². The molecule has 0 spiro atoms. The van der Waals surface area contributed by atoms with Gasteiger partial charge in [0.05, 0.1) is 11.5 Å². The Bertz CT molecular complexity index is 482. The molecular formula is C16H25N3O2. The number of aromatic nitrogens is 1. The van der Waals surface area contributed by atoms with E-state index >= 15 is 0 Å². The largest absolute Gasteiger partial charge is 0.475 e. The van der Waals surface area contributed by atoms with Crippen LogP contribution in [0.3, 0.4) is 0 Å². The van der Waals surface area contributed by atoms with Gasteiger partial charge in [-0.05, 0) is 46.2 Å². The van der Waals surface area contributed by atoms with E-state index in [1.54, 1.807) is 6.20 Å². The van der Waals surface area contributed by atoms with Crippen LogP contribution in [0.5, 0.6) is 5.88 Å². The zero-order chi connectivity index (χ0) is 15.3. The number of rotatable bonds is 5. The molecular weight excluding hydrogens is 266 g/mol. The minimum atomic E-state index is -0.320. The normalized spacial score (nSPS) is 22.1. The molecule has 21 heavy (non-hydrogen) atoms. The van der Waals surface area contributed by atoms with Crippen molar-refractivity contribution in [1.82, 2.24) is 15.6 Å². The van der Waals surface area contributed by atoms with Gasteiger partial charge in [0.15, 0.2) is 0 Å². The number of nitrogens with one attached hydrogen (secondary N) is 2. The summed E-state index contributed by atoms with van der Waals surface area (Å²) >= 11 is 0. The monoisotopic (exact) mass is 291 g/mol. The van der Waals surface area contributed by atoms with Crippen molar-refractivity contribution < 1.29 is 9.53 Å². The molecule has 116 valence electrons. The zero-order valence-electron chi connectivity index (χ0n) is 13.1. The Morgan fingerprint density at radius 3 is 3.05 bits per heavy atom. The minimum Gasteiger partial charge on any atom is -0.475 e. The van der Waals surface area contributed by atoms with Crippen LogP contribution in [0.15, 0.2) is 18.3 Å².